The molecule has 5 rings (SSSR count). The van der Waals surface area contributed by atoms with E-state index in [-0.39, 0.29) is 11.9 Å². The molecule has 1 N–H and O–H groups in total. The number of hydrogen-bond acceptors (Lipinski definition) is 7. The quantitative estimate of drug-likeness (QED) is 0.164. The Kier molecular flexibility index (Phi) is 10.1. The van der Waals surface area contributed by atoms with Crippen LogP contribution in [0.25, 0.3) is 10.8 Å². The zero-order valence-corrected chi connectivity index (χ0v) is 27.1. The van der Waals surface area contributed by atoms with Crippen molar-refractivity contribution in [1.82, 2.24) is 19.8 Å². The summed E-state index contributed by atoms with van der Waals surface area (Å²) in [5.74, 6) is -0.00676. The molecule has 9 nitrogen and oxygen atoms in total. The summed E-state index contributed by atoms with van der Waals surface area (Å²) in [6.45, 7) is 6.97. The van der Waals surface area contributed by atoms with Gasteiger partial charge in [0.2, 0.25) is 5.91 Å². The van der Waals surface area contributed by atoms with Crippen molar-refractivity contribution < 1.29 is 23.9 Å². The SMILES string of the molecule is COC(=O)c1ccccc1CSc1nc(CCNC(=O)[C@@H]2CCCN2C(=O)OC(C)(C)C)cn1Cc1cccc2ccccc12. The van der Waals surface area contributed by atoms with Crippen molar-refractivity contribution in [2.45, 2.75) is 69.1 Å². The topological polar surface area (TPSA) is 103 Å². The fourth-order valence-electron chi connectivity index (χ4n) is 5.52. The molecule has 45 heavy (non-hydrogen) atoms. The van der Waals surface area contributed by atoms with Gasteiger partial charge in [-0.05, 0) is 61.6 Å². The highest BCUT2D eigenvalue weighted by Crippen LogP contribution is 2.28. The van der Waals surface area contributed by atoms with Crippen molar-refractivity contribution in [3.05, 3.63) is 95.3 Å². The number of esters is 1. The third-order valence-corrected chi connectivity index (χ3v) is 8.69. The lowest BCUT2D eigenvalue weighted by Gasteiger charge is -2.28. The number of nitrogens with zero attached hydrogens (tertiary/aromatic N) is 3. The normalized spacial score (nSPS) is 14.8. The number of thioether (sulfide) groups is 1. The summed E-state index contributed by atoms with van der Waals surface area (Å²) in [7, 11) is 1.38. The summed E-state index contributed by atoms with van der Waals surface area (Å²) >= 11 is 1.55. The van der Waals surface area contributed by atoms with Crippen molar-refractivity contribution in [2.75, 3.05) is 20.2 Å². The Bertz CT molecular complexity index is 1670. The van der Waals surface area contributed by atoms with Crippen LogP contribution in [0.3, 0.4) is 0 Å². The van der Waals surface area contributed by atoms with Crippen LogP contribution in [0.1, 0.15) is 60.8 Å². The summed E-state index contributed by atoms with van der Waals surface area (Å²) in [5, 5.41) is 6.18. The molecule has 2 heterocycles. The van der Waals surface area contributed by atoms with Crippen molar-refractivity contribution >= 4 is 40.5 Å². The lowest BCUT2D eigenvalue weighted by atomic mass is 10.0. The van der Waals surface area contributed by atoms with Crippen LogP contribution in [-0.4, -0.2) is 64.3 Å². The Labute approximate surface area is 268 Å². The number of benzene rings is 3. The summed E-state index contributed by atoms with van der Waals surface area (Å²) in [4.78, 5) is 44.6. The maximum Gasteiger partial charge on any atom is 0.410 e. The fourth-order valence-corrected chi connectivity index (χ4v) is 6.52. The lowest BCUT2D eigenvalue weighted by molar-refractivity contribution is -0.125. The van der Waals surface area contributed by atoms with Gasteiger partial charge in [-0.2, -0.15) is 0 Å². The zero-order valence-electron chi connectivity index (χ0n) is 26.2. The van der Waals surface area contributed by atoms with Crippen molar-refractivity contribution in [3.8, 4) is 0 Å². The molecule has 0 radical (unpaired) electrons. The van der Waals surface area contributed by atoms with E-state index < -0.39 is 17.7 Å². The number of fused-ring (bicyclic) bond motifs is 1. The van der Waals surface area contributed by atoms with Crippen molar-refractivity contribution in [1.29, 1.82) is 0 Å². The number of likely N-dealkylation sites (tertiary alicyclic amines) is 1. The largest absolute Gasteiger partial charge is 0.465 e. The van der Waals surface area contributed by atoms with Gasteiger partial charge in [0.25, 0.3) is 0 Å². The molecule has 10 heteroatoms. The molecule has 1 aromatic heterocycles. The second-order valence-electron chi connectivity index (χ2n) is 12.1. The van der Waals surface area contributed by atoms with E-state index >= 15 is 0 Å². The molecule has 2 amide bonds. The Balaban J connectivity index is 1.31. The second-order valence-corrected chi connectivity index (χ2v) is 13.0. The molecule has 0 unspecified atom stereocenters. The molecule has 0 aliphatic carbocycles. The first-order valence-corrected chi connectivity index (χ1v) is 16.2. The van der Waals surface area contributed by atoms with Gasteiger partial charge in [0.1, 0.15) is 11.6 Å². The molecule has 0 saturated carbocycles. The molecule has 0 bridgehead atoms. The molecular formula is C35H40N4O5S. The van der Waals surface area contributed by atoms with Crippen molar-refractivity contribution in [3.63, 3.8) is 0 Å². The maximum atomic E-state index is 13.1. The van der Waals surface area contributed by atoms with Gasteiger partial charge in [-0.25, -0.2) is 14.6 Å². The van der Waals surface area contributed by atoms with Gasteiger partial charge >= 0.3 is 12.1 Å². The number of nitrogens with one attached hydrogen (secondary N) is 1. The van der Waals surface area contributed by atoms with E-state index in [4.69, 9.17) is 14.5 Å². The summed E-state index contributed by atoms with van der Waals surface area (Å²) in [6, 6.07) is 21.5. The number of imidazole rings is 1. The number of hydrogen-bond donors (Lipinski definition) is 1. The van der Waals surface area contributed by atoms with E-state index in [1.54, 1.807) is 17.8 Å². The average molecular weight is 629 g/mol. The first-order valence-electron chi connectivity index (χ1n) is 15.2. The molecule has 236 valence electrons. The molecule has 1 saturated heterocycles. The minimum Gasteiger partial charge on any atom is -0.465 e. The Morgan fingerprint density at radius 2 is 1.73 bits per heavy atom. The number of carbonyl (C=O) groups excluding carboxylic acids is 3. The van der Waals surface area contributed by atoms with E-state index in [1.807, 2.05) is 57.3 Å². The molecule has 1 fully saturated rings. The number of amides is 2. The van der Waals surface area contributed by atoms with E-state index in [0.29, 0.717) is 43.8 Å². The molecule has 1 aliphatic heterocycles. The number of carbonyl (C=O) groups is 3. The highest BCUT2D eigenvalue weighted by atomic mass is 32.2. The minimum absolute atomic E-state index is 0.178. The van der Waals surface area contributed by atoms with Gasteiger partial charge in [0.15, 0.2) is 5.16 Å². The summed E-state index contributed by atoms with van der Waals surface area (Å²) in [6.07, 6.45) is 3.47. The van der Waals surface area contributed by atoms with Crippen LogP contribution in [-0.2, 0) is 33.0 Å². The van der Waals surface area contributed by atoms with Crippen molar-refractivity contribution in [2.24, 2.45) is 0 Å². The van der Waals surface area contributed by atoms with Gasteiger partial charge in [0.05, 0.1) is 24.9 Å². The number of methoxy groups -OCH3 is 1. The average Bonchev–Trinajstić information content (AvgIpc) is 3.67. The minimum atomic E-state index is -0.622. The van der Waals surface area contributed by atoms with Crippen LogP contribution in [0, 0.1) is 0 Å². The predicted octanol–water partition coefficient (Wildman–Crippen LogP) is 6.22. The highest BCUT2D eigenvalue weighted by molar-refractivity contribution is 7.98. The highest BCUT2D eigenvalue weighted by Gasteiger charge is 2.36. The lowest BCUT2D eigenvalue weighted by Crippen LogP contribution is -2.47. The fraction of sp³-hybridized carbons (Fsp3) is 0.371. The molecule has 1 aliphatic rings. The smallest absolute Gasteiger partial charge is 0.410 e. The van der Waals surface area contributed by atoms with Gasteiger partial charge < -0.3 is 19.4 Å². The Morgan fingerprint density at radius 3 is 2.53 bits per heavy atom. The molecule has 3 aromatic carbocycles. The number of rotatable bonds is 10. The van der Waals surface area contributed by atoms with Crippen LogP contribution in [0.4, 0.5) is 4.79 Å². The zero-order chi connectivity index (χ0) is 32.0. The monoisotopic (exact) mass is 628 g/mol. The Morgan fingerprint density at radius 1 is 1.00 bits per heavy atom. The first kappa shape index (κ1) is 32.1. The molecule has 4 aromatic rings. The van der Waals surface area contributed by atoms with Gasteiger partial charge in [0, 0.05) is 31.5 Å². The first-order chi connectivity index (χ1) is 21.6. The van der Waals surface area contributed by atoms with E-state index in [9.17, 15) is 14.4 Å². The van der Waals surface area contributed by atoms with E-state index in [2.05, 4.69) is 40.2 Å². The third kappa shape index (κ3) is 8.05. The summed E-state index contributed by atoms with van der Waals surface area (Å²) < 4.78 is 12.6. The number of ether oxygens (including phenoxy) is 2. The van der Waals surface area contributed by atoms with Crippen LogP contribution < -0.4 is 5.32 Å². The van der Waals surface area contributed by atoms with Crippen LogP contribution in [0.2, 0.25) is 0 Å². The summed E-state index contributed by atoms with van der Waals surface area (Å²) in [5.41, 5.74) is 2.80. The van der Waals surface area contributed by atoms with Gasteiger partial charge in [-0.1, -0.05) is 72.4 Å². The Hall–Kier alpha value is -4.31. The van der Waals surface area contributed by atoms with Crippen LogP contribution >= 0.6 is 11.8 Å². The predicted molar refractivity (Wildman–Crippen MR) is 175 cm³/mol. The maximum absolute atomic E-state index is 13.1. The second kappa shape index (κ2) is 14.2. The van der Waals surface area contributed by atoms with E-state index in [1.165, 1.54) is 28.3 Å². The van der Waals surface area contributed by atoms with Gasteiger partial charge in [-0.15, -0.1) is 0 Å². The molecule has 0 spiro atoms. The molecular weight excluding hydrogens is 588 g/mol. The van der Waals surface area contributed by atoms with Gasteiger partial charge in [-0.3, -0.25) is 9.69 Å². The number of aromatic nitrogens is 2. The van der Waals surface area contributed by atoms with Crippen LogP contribution in [0.5, 0.6) is 0 Å². The molecule has 1 atom stereocenters. The third-order valence-electron chi connectivity index (χ3n) is 7.65. The standard InChI is InChI=1S/C35H40N4O5S/c1-35(2,3)44-34(42)39-20-10-17-30(39)31(40)36-19-18-27-22-38(21-25-14-9-13-24-11-5-7-15-28(24)25)33(37-27)45-23-26-12-6-8-16-29(26)32(41)43-4/h5-9,11-16,22,30H,10,17-21,23H2,1-4H3,(H,36,40)/t30-/m0/s1. The van der Waals surface area contributed by atoms with Crippen LogP contribution in [0.15, 0.2) is 78.1 Å². The van der Waals surface area contributed by atoms with E-state index in [0.717, 1.165) is 22.8 Å².